The molecule has 0 radical (unpaired) electrons. The van der Waals surface area contributed by atoms with E-state index >= 15 is 0 Å². The number of hydrogen-bond acceptors (Lipinski definition) is 8. The summed E-state index contributed by atoms with van der Waals surface area (Å²) in [4.78, 5) is 44.8. The van der Waals surface area contributed by atoms with E-state index in [1.807, 2.05) is 19.9 Å². The molecule has 0 spiro atoms. The molecule has 5 heterocycles. The van der Waals surface area contributed by atoms with Gasteiger partial charge in [-0.1, -0.05) is 113 Å². The zero-order valence-electron chi connectivity index (χ0n) is 41.7. The van der Waals surface area contributed by atoms with Crippen molar-refractivity contribution in [2.75, 3.05) is 13.7 Å². The Bertz CT molecular complexity index is 2480. The van der Waals surface area contributed by atoms with Crippen LogP contribution in [0.1, 0.15) is 215 Å². The van der Waals surface area contributed by atoms with Gasteiger partial charge in [0.2, 0.25) is 0 Å². The molecule has 8 bridgehead atoms. The Morgan fingerprint density at radius 3 is 1.91 bits per heavy atom. The summed E-state index contributed by atoms with van der Waals surface area (Å²) >= 11 is 0. The molecule has 65 heavy (non-hydrogen) atoms. The number of carbonyl (C=O) groups excluding carboxylic acids is 2. The van der Waals surface area contributed by atoms with Gasteiger partial charge in [-0.15, -0.1) is 0 Å². The van der Waals surface area contributed by atoms with Gasteiger partial charge >= 0.3 is 11.9 Å². The number of aliphatic hydroxyl groups excluding tert-OH is 2. The average Bonchev–Trinajstić information content (AvgIpc) is 4.00. The van der Waals surface area contributed by atoms with Crippen molar-refractivity contribution in [2.45, 2.75) is 189 Å². The summed E-state index contributed by atoms with van der Waals surface area (Å²) in [6.45, 7) is 24.2. The normalized spacial score (nSPS) is 21.1. The van der Waals surface area contributed by atoms with Crippen molar-refractivity contribution < 1.29 is 29.3 Å². The number of methoxy groups -OCH3 is 1. The quantitative estimate of drug-likeness (QED) is 0.0819. The van der Waals surface area contributed by atoms with Crippen molar-refractivity contribution in [1.82, 2.24) is 19.9 Å². The molecule has 10 nitrogen and oxygen atoms in total. The van der Waals surface area contributed by atoms with Crippen LogP contribution in [0.2, 0.25) is 0 Å². The molecule has 10 heteroatoms. The van der Waals surface area contributed by atoms with Gasteiger partial charge in [0.1, 0.15) is 11.7 Å². The number of fused-ring (bicyclic) bond motifs is 8. The number of rotatable bonds is 20. The van der Waals surface area contributed by atoms with E-state index in [4.69, 9.17) is 19.4 Å². The highest BCUT2D eigenvalue weighted by molar-refractivity contribution is 5.96. The van der Waals surface area contributed by atoms with Crippen LogP contribution in [-0.4, -0.2) is 55.8 Å². The monoisotopic (exact) mass is 893 g/mol. The standard InChI is InChI=1S/C55H80N4O6/c1-13-39-34(7)41-29-46-48(38(11)60)36(9)43(57-46)27-42-35(8)40(52(58-42)50-51(55(63)64-12)54(62)49-37(10)44(59-53(49)50)28-45(39)56-41)23-24-47(61)65-26-25-33(6)22-16-21-32(5)20-15-19-31(4)18-14-17-30(2)3/h27-35,39-40,51,57,59-60,62H,13-26H2,1-12H3/b42-27?,45-28?,46-29?,48-38-/t31-,32+,33?,34-,35+,39-,40+,51-/m1/s1. The van der Waals surface area contributed by atoms with Crippen LogP contribution in [0.15, 0.2) is 18.2 Å². The lowest BCUT2D eigenvalue weighted by Crippen LogP contribution is -2.18. The summed E-state index contributed by atoms with van der Waals surface area (Å²) in [6, 6.07) is 6.14. The van der Waals surface area contributed by atoms with Crippen LogP contribution in [0, 0.1) is 37.5 Å². The number of aliphatic hydroxyl groups is 2. The number of hydrogen-bond donors (Lipinski definition) is 4. The number of aromatic amines is 2. The number of ether oxygens (including phenoxy) is 2. The van der Waals surface area contributed by atoms with Crippen LogP contribution in [-0.2, 0) is 19.1 Å². The lowest BCUT2D eigenvalue weighted by atomic mass is 9.84. The van der Waals surface area contributed by atoms with Crippen LogP contribution in [0.5, 0.6) is 0 Å². The third-order valence-electron chi connectivity index (χ3n) is 15.3. The topological polar surface area (TPSA) is 150 Å². The lowest BCUT2D eigenvalue weighted by Gasteiger charge is -2.19. The van der Waals surface area contributed by atoms with E-state index in [9.17, 15) is 19.8 Å². The van der Waals surface area contributed by atoms with Crippen molar-refractivity contribution in [3.05, 3.63) is 68.1 Å². The zero-order valence-corrected chi connectivity index (χ0v) is 41.7. The highest BCUT2D eigenvalue weighted by Gasteiger charge is 2.42. The summed E-state index contributed by atoms with van der Waals surface area (Å²) in [5.74, 6) is 0.918. The first-order chi connectivity index (χ1) is 30.9. The molecule has 4 N–H and O–H groups in total. The number of esters is 2. The Morgan fingerprint density at radius 1 is 0.754 bits per heavy atom. The molecular formula is C55H80N4O6. The minimum atomic E-state index is -1.08. The van der Waals surface area contributed by atoms with Gasteiger partial charge in [-0.3, -0.25) is 19.6 Å². The Kier molecular flexibility index (Phi) is 16.7. The maximum absolute atomic E-state index is 13.7. The molecule has 1 unspecified atom stereocenters. The second-order valence-corrected chi connectivity index (χ2v) is 20.8. The first kappa shape index (κ1) is 49.8. The summed E-state index contributed by atoms with van der Waals surface area (Å²) in [7, 11) is 1.33. The predicted molar refractivity (Wildman–Crippen MR) is 264 cm³/mol. The summed E-state index contributed by atoms with van der Waals surface area (Å²) in [5.41, 5.74) is 8.55. The maximum Gasteiger partial charge on any atom is 0.321 e. The molecule has 356 valence electrons. The maximum atomic E-state index is 13.7. The van der Waals surface area contributed by atoms with Crippen LogP contribution < -0.4 is 10.4 Å². The van der Waals surface area contributed by atoms with Crippen molar-refractivity contribution in [2.24, 2.45) is 23.7 Å². The third-order valence-corrected chi connectivity index (χ3v) is 15.3. The Hall–Kier alpha value is -4.60. The number of aryl methyl sites for hydroxylation is 2. The second kappa shape index (κ2) is 21.8. The van der Waals surface area contributed by atoms with E-state index in [-0.39, 0.29) is 47.6 Å². The van der Waals surface area contributed by atoms with Gasteiger partial charge in [0.25, 0.3) is 0 Å². The highest BCUT2D eigenvalue weighted by atomic mass is 16.5. The average molecular weight is 893 g/mol. The van der Waals surface area contributed by atoms with E-state index in [1.54, 1.807) is 6.92 Å². The molecule has 0 aromatic carbocycles. The van der Waals surface area contributed by atoms with Crippen LogP contribution in [0.25, 0.3) is 33.6 Å². The molecule has 0 fully saturated rings. The third kappa shape index (κ3) is 11.2. The van der Waals surface area contributed by atoms with Gasteiger partial charge in [-0.2, -0.15) is 0 Å². The van der Waals surface area contributed by atoms with Gasteiger partial charge in [0.15, 0.2) is 0 Å². The Balaban J connectivity index is 1.23. The molecule has 3 aliphatic rings. The van der Waals surface area contributed by atoms with Crippen molar-refractivity contribution in [3.63, 3.8) is 0 Å². The fraction of sp³-hybridized carbons (Fsp3) is 0.636. The fourth-order valence-electron chi connectivity index (χ4n) is 11.0. The van der Waals surface area contributed by atoms with Gasteiger partial charge < -0.3 is 29.7 Å². The van der Waals surface area contributed by atoms with Crippen molar-refractivity contribution >= 4 is 45.5 Å². The minimum absolute atomic E-state index is 0.0683. The number of aromatic nitrogens is 4. The Labute approximate surface area is 388 Å². The van der Waals surface area contributed by atoms with E-state index in [1.165, 1.54) is 58.5 Å². The smallest absolute Gasteiger partial charge is 0.321 e. The van der Waals surface area contributed by atoms with Crippen LogP contribution >= 0.6 is 0 Å². The van der Waals surface area contributed by atoms with Crippen molar-refractivity contribution in [1.29, 1.82) is 0 Å². The predicted octanol–water partition coefficient (Wildman–Crippen LogP) is 12.5. The van der Waals surface area contributed by atoms with Gasteiger partial charge in [0, 0.05) is 74.2 Å². The van der Waals surface area contributed by atoms with Crippen molar-refractivity contribution in [3.8, 4) is 0 Å². The summed E-state index contributed by atoms with van der Waals surface area (Å²) in [5, 5.41) is 24.2. The van der Waals surface area contributed by atoms with E-state index in [0.717, 1.165) is 87.0 Å². The molecule has 6 rings (SSSR count). The first-order valence-corrected chi connectivity index (χ1v) is 25.1. The van der Waals surface area contributed by atoms with E-state index in [2.05, 4.69) is 77.5 Å². The molecule has 0 amide bonds. The lowest BCUT2D eigenvalue weighted by molar-refractivity contribution is -0.144. The second-order valence-electron chi connectivity index (χ2n) is 20.8. The van der Waals surface area contributed by atoms with Gasteiger partial charge in [0.05, 0.1) is 36.2 Å². The number of carbonyl (C=O) groups is 2. The molecule has 0 saturated heterocycles. The van der Waals surface area contributed by atoms with Gasteiger partial charge in [-0.05, 0) is 93.0 Å². The Morgan fingerprint density at radius 2 is 1.31 bits per heavy atom. The number of nitrogens with zero attached hydrogens (tertiary/aromatic N) is 2. The van der Waals surface area contributed by atoms with Gasteiger partial charge in [-0.25, -0.2) is 0 Å². The first-order valence-electron chi connectivity index (χ1n) is 25.1. The minimum Gasteiger partial charge on any atom is -0.512 e. The number of H-pyrrole nitrogens is 2. The zero-order chi connectivity index (χ0) is 47.3. The molecular weight excluding hydrogens is 813 g/mol. The van der Waals surface area contributed by atoms with E-state index < -0.39 is 11.9 Å². The van der Waals surface area contributed by atoms with E-state index in [0.29, 0.717) is 40.9 Å². The summed E-state index contributed by atoms with van der Waals surface area (Å²) in [6.07, 6.45) is 13.9. The molecule has 2 aliphatic heterocycles. The van der Waals surface area contributed by atoms with Crippen LogP contribution in [0.4, 0.5) is 0 Å². The molecule has 0 saturated carbocycles. The van der Waals surface area contributed by atoms with Crippen LogP contribution in [0.3, 0.4) is 0 Å². The fourth-order valence-corrected chi connectivity index (χ4v) is 11.0. The molecule has 3 aromatic heterocycles. The molecule has 1 aliphatic carbocycles. The molecule has 8 atom stereocenters. The SMILES string of the molecule is CC[C@H]1c2cc3[nH]c4c(c5nc(cc6[nH]c(cc(n2)[C@@H]1C)/c(=C(/C)O)c6C)[C@@H](C)[C@@H]5CCC(=O)OCCC(C)CCC[C@@H](C)CCC[C@H](C)CCCC(C)C)[C@@H](C(=O)OC)C(O)=c4c3C. The number of nitrogens with one attached hydrogen (secondary N) is 2. The molecule has 3 aromatic rings. The summed E-state index contributed by atoms with van der Waals surface area (Å²) < 4.78 is 11.2. The largest absolute Gasteiger partial charge is 0.512 e. The highest BCUT2D eigenvalue weighted by Crippen LogP contribution is 2.46.